The van der Waals surface area contributed by atoms with Gasteiger partial charge in [0.05, 0.1) is 12.7 Å². The van der Waals surface area contributed by atoms with Crippen LogP contribution in [0.25, 0.3) is 0 Å². The van der Waals surface area contributed by atoms with E-state index < -0.39 is 0 Å². The fraction of sp³-hybridized carbons (Fsp3) is 0.462. The number of aryl methyl sites for hydroxylation is 1. The van der Waals surface area contributed by atoms with E-state index in [1.165, 1.54) is 18.9 Å². The van der Waals surface area contributed by atoms with E-state index in [2.05, 4.69) is 13.0 Å². The van der Waals surface area contributed by atoms with Gasteiger partial charge in [0.2, 0.25) is 0 Å². The summed E-state index contributed by atoms with van der Waals surface area (Å²) >= 11 is 0. The predicted octanol–water partition coefficient (Wildman–Crippen LogP) is 5.49. The van der Waals surface area contributed by atoms with Crippen molar-refractivity contribution in [1.82, 2.24) is 0 Å². The Balaban J connectivity index is 1.66. The molecule has 0 radical (unpaired) electrons. The SMILES string of the molecule is COc1ccc2c3c1OC(CCCCC2)C[C@@H](OC(=O)c1ccc(C(C)=O)cc1)[C@@H]3C. The van der Waals surface area contributed by atoms with Crippen molar-refractivity contribution in [3.8, 4) is 11.5 Å². The van der Waals surface area contributed by atoms with Crippen molar-refractivity contribution >= 4 is 11.8 Å². The average molecular weight is 423 g/mol. The number of ether oxygens (including phenoxy) is 3. The number of rotatable bonds is 4. The summed E-state index contributed by atoms with van der Waals surface area (Å²) in [6.45, 7) is 3.62. The lowest BCUT2D eigenvalue weighted by Crippen LogP contribution is -2.28. The highest BCUT2D eigenvalue weighted by molar-refractivity contribution is 5.96. The van der Waals surface area contributed by atoms with Crippen LogP contribution in [0.3, 0.4) is 0 Å². The van der Waals surface area contributed by atoms with E-state index in [1.807, 2.05) is 6.07 Å². The van der Waals surface area contributed by atoms with Crippen molar-refractivity contribution in [1.29, 1.82) is 0 Å². The van der Waals surface area contributed by atoms with Crippen molar-refractivity contribution in [3.05, 3.63) is 58.7 Å². The van der Waals surface area contributed by atoms with E-state index in [9.17, 15) is 9.59 Å². The van der Waals surface area contributed by atoms with Crippen LogP contribution >= 0.6 is 0 Å². The summed E-state index contributed by atoms with van der Waals surface area (Å²) in [5.74, 6) is 1.14. The number of hydrogen-bond acceptors (Lipinski definition) is 5. The first-order valence-electron chi connectivity index (χ1n) is 11.2. The molecule has 5 nitrogen and oxygen atoms in total. The van der Waals surface area contributed by atoms with Gasteiger partial charge in [-0.1, -0.05) is 31.5 Å². The molecule has 4 bridgehead atoms. The van der Waals surface area contributed by atoms with Gasteiger partial charge >= 0.3 is 5.97 Å². The first-order chi connectivity index (χ1) is 15.0. The highest BCUT2D eigenvalue weighted by Gasteiger charge is 2.36. The summed E-state index contributed by atoms with van der Waals surface area (Å²) in [6.07, 6.45) is 5.65. The Kier molecular flexibility index (Phi) is 6.30. The first kappa shape index (κ1) is 21.4. The van der Waals surface area contributed by atoms with Crippen molar-refractivity contribution in [3.63, 3.8) is 0 Å². The van der Waals surface area contributed by atoms with Crippen LogP contribution in [0, 0.1) is 0 Å². The van der Waals surface area contributed by atoms with Gasteiger partial charge < -0.3 is 14.2 Å². The second-order valence-electron chi connectivity index (χ2n) is 8.61. The fourth-order valence-corrected chi connectivity index (χ4v) is 4.72. The zero-order valence-corrected chi connectivity index (χ0v) is 18.5. The maximum atomic E-state index is 12.9. The molecule has 4 rings (SSSR count). The van der Waals surface area contributed by atoms with Gasteiger partial charge in [0.1, 0.15) is 12.2 Å². The molecule has 0 saturated carbocycles. The maximum Gasteiger partial charge on any atom is 0.338 e. The summed E-state index contributed by atoms with van der Waals surface area (Å²) < 4.78 is 18.1. The summed E-state index contributed by atoms with van der Waals surface area (Å²) in [5, 5.41) is 0. The Morgan fingerprint density at radius 3 is 2.45 bits per heavy atom. The van der Waals surface area contributed by atoms with Crippen molar-refractivity contribution < 1.29 is 23.8 Å². The van der Waals surface area contributed by atoms with Crippen LogP contribution in [0.5, 0.6) is 11.5 Å². The van der Waals surface area contributed by atoms with Crippen molar-refractivity contribution in [2.75, 3.05) is 7.11 Å². The lowest BCUT2D eigenvalue weighted by atomic mass is 9.87. The summed E-state index contributed by atoms with van der Waals surface area (Å²) in [6, 6.07) is 10.8. The van der Waals surface area contributed by atoms with E-state index in [0.717, 1.165) is 42.7 Å². The molecule has 0 aromatic heterocycles. The van der Waals surface area contributed by atoms with Gasteiger partial charge in [-0.25, -0.2) is 4.79 Å². The van der Waals surface area contributed by atoms with E-state index in [4.69, 9.17) is 14.2 Å². The molecule has 0 amide bonds. The fourth-order valence-electron chi connectivity index (χ4n) is 4.72. The second-order valence-corrected chi connectivity index (χ2v) is 8.61. The minimum Gasteiger partial charge on any atom is -0.493 e. The van der Waals surface area contributed by atoms with E-state index in [1.54, 1.807) is 31.4 Å². The highest BCUT2D eigenvalue weighted by Crippen LogP contribution is 2.45. The quantitative estimate of drug-likeness (QED) is 0.481. The van der Waals surface area contributed by atoms with Crippen LogP contribution in [0.1, 0.15) is 83.7 Å². The zero-order valence-electron chi connectivity index (χ0n) is 18.5. The first-order valence-corrected chi connectivity index (χ1v) is 11.2. The molecule has 164 valence electrons. The predicted molar refractivity (Wildman–Crippen MR) is 118 cm³/mol. The summed E-state index contributed by atoms with van der Waals surface area (Å²) in [4.78, 5) is 24.5. The largest absolute Gasteiger partial charge is 0.493 e. The molecule has 2 aromatic carbocycles. The number of carbonyl (C=O) groups is 2. The summed E-state index contributed by atoms with van der Waals surface area (Å²) in [7, 11) is 1.66. The van der Waals surface area contributed by atoms with Crippen LogP contribution < -0.4 is 9.47 Å². The lowest BCUT2D eigenvalue weighted by Gasteiger charge is -2.25. The lowest BCUT2D eigenvalue weighted by molar-refractivity contribution is 0.0140. The Morgan fingerprint density at radius 1 is 1.00 bits per heavy atom. The maximum absolute atomic E-state index is 12.9. The van der Waals surface area contributed by atoms with Gasteiger partial charge in [-0.05, 0) is 56.4 Å². The molecule has 1 unspecified atom stereocenters. The minimum atomic E-state index is -0.367. The molecule has 3 atom stereocenters. The average Bonchev–Trinajstić information content (AvgIpc) is 2.91. The van der Waals surface area contributed by atoms with Gasteiger partial charge in [0.15, 0.2) is 17.3 Å². The minimum absolute atomic E-state index is 0.0105. The van der Waals surface area contributed by atoms with Gasteiger partial charge in [-0.3, -0.25) is 4.79 Å². The smallest absolute Gasteiger partial charge is 0.338 e. The number of benzene rings is 2. The molecule has 31 heavy (non-hydrogen) atoms. The monoisotopic (exact) mass is 422 g/mol. The Morgan fingerprint density at radius 2 is 1.74 bits per heavy atom. The molecule has 0 saturated heterocycles. The van der Waals surface area contributed by atoms with E-state index in [-0.39, 0.29) is 29.9 Å². The Hall–Kier alpha value is -2.82. The Labute approximate surface area is 183 Å². The van der Waals surface area contributed by atoms with Crippen LogP contribution in [-0.4, -0.2) is 31.1 Å². The van der Waals surface area contributed by atoms with E-state index >= 15 is 0 Å². The third kappa shape index (κ3) is 4.46. The molecular formula is C26H30O5. The number of hydrogen-bond donors (Lipinski definition) is 0. The number of Topliss-reactive ketones (excluding diaryl/α,β-unsaturated/α-hetero) is 1. The van der Waals surface area contributed by atoms with Crippen LogP contribution in [-0.2, 0) is 11.2 Å². The number of methoxy groups -OCH3 is 1. The molecule has 2 aliphatic heterocycles. The highest BCUT2D eigenvalue weighted by atomic mass is 16.6. The third-order valence-electron chi connectivity index (χ3n) is 6.52. The van der Waals surface area contributed by atoms with Crippen molar-refractivity contribution in [2.24, 2.45) is 0 Å². The van der Waals surface area contributed by atoms with Crippen LogP contribution in [0.15, 0.2) is 36.4 Å². The van der Waals surface area contributed by atoms with Gasteiger partial charge in [0.25, 0.3) is 0 Å². The molecule has 0 aliphatic carbocycles. The molecule has 0 fully saturated rings. The molecule has 2 aliphatic rings. The molecule has 0 spiro atoms. The van der Waals surface area contributed by atoms with Crippen LogP contribution in [0.2, 0.25) is 0 Å². The van der Waals surface area contributed by atoms with Gasteiger partial charge in [0, 0.05) is 23.5 Å². The number of ketones is 1. The molecule has 5 heteroatoms. The van der Waals surface area contributed by atoms with Gasteiger partial charge in [-0.15, -0.1) is 0 Å². The summed E-state index contributed by atoms with van der Waals surface area (Å²) in [5.41, 5.74) is 3.39. The molecule has 2 heterocycles. The zero-order chi connectivity index (χ0) is 22.0. The number of carbonyl (C=O) groups excluding carboxylic acids is 2. The van der Waals surface area contributed by atoms with E-state index in [0.29, 0.717) is 17.5 Å². The number of fused-ring (bicyclic) bond motifs is 1. The van der Waals surface area contributed by atoms with Gasteiger partial charge in [-0.2, -0.15) is 0 Å². The topological polar surface area (TPSA) is 61.8 Å². The second kappa shape index (κ2) is 9.13. The molecular weight excluding hydrogens is 392 g/mol. The standard InChI is InChI=1S/C26H30O5/c1-16-23(31-26(28)20-11-9-18(10-12-20)17(2)27)15-21-8-6-4-5-7-19-13-14-22(29-3)25(30-21)24(16)19/h9-14,16,21,23H,4-8,15H2,1-3H3/t16-,21?,23+/m0/s1. The van der Waals surface area contributed by atoms with Crippen LogP contribution in [0.4, 0.5) is 0 Å². The Bertz CT molecular complexity index is 963. The molecule has 2 aromatic rings. The number of esters is 1. The normalized spacial score (nSPS) is 22.7. The third-order valence-corrected chi connectivity index (χ3v) is 6.52. The molecule has 0 N–H and O–H groups in total. The van der Waals surface area contributed by atoms with Crippen molar-refractivity contribution in [2.45, 2.75) is 70.5 Å².